The van der Waals surface area contributed by atoms with E-state index in [1.165, 1.54) is 0 Å². The predicted molar refractivity (Wildman–Crippen MR) is 95.3 cm³/mol. The molecule has 2 aliphatic rings. The van der Waals surface area contributed by atoms with E-state index >= 15 is 0 Å². The Labute approximate surface area is 172 Å². The van der Waals surface area contributed by atoms with Crippen LogP contribution in [0.5, 0.6) is 5.88 Å². The van der Waals surface area contributed by atoms with Gasteiger partial charge >= 0.3 is 12.4 Å². The molecule has 1 aliphatic carbocycles. The number of nitrogens with two attached hydrogens (primary N) is 1. The van der Waals surface area contributed by atoms with Crippen molar-refractivity contribution in [3.8, 4) is 11.9 Å². The van der Waals surface area contributed by atoms with Crippen LogP contribution in [0, 0.1) is 24.2 Å². The Morgan fingerprint density at radius 2 is 1.71 bits per heavy atom. The summed E-state index contributed by atoms with van der Waals surface area (Å²) in [7, 11) is 0. The highest BCUT2D eigenvalue weighted by Gasteiger charge is 2.55. The molecule has 1 atom stereocenters. The molecule has 0 amide bonds. The second-order valence-electron chi connectivity index (χ2n) is 7.70. The lowest BCUT2D eigenvalue weighted by Gasteiger charge is -2.47. The maximum absolute atomic E-state index is 13.6. The molecule has 2 aromatic rings. The minimum absolute atomic E-state index is 0.00636. The van der Waals surface area contributed by atoms with E-state index in [0.717, 1.165) is 0 Å². The van der Waals surface area contributed by atoms with Crippen LogP contribution >= 0.6 is 0 Å². The van der Waals surface area contributed by atoms with E-state index in [0.29, 0.717) is 37.1 Å². The van der Waals surface area contributed by atoms with Crippen LogP contribution in [-0.4, -0.2) is 10.2 Å². The maximum atomic E-state index is 13.6. The van der Waals surface area contributed by atoms with Crippen molar-refractivity contribution in [3.63, 3.8) is 0 Å². The molecule has 3 N–H and O–H groups in total. The molecule has 1 saturated carbocycles. The van der Waals surface area contributed by atoms with Gasteiger partial charge in [-0.05, 0) is 49.4 Å². The van der Waals surface area contributed by atoms with Crippen LogP contribution < -0.4 is 10.5 Å². The van der Waals surface area contributed by atoms with Crippen molar-refractivity contribution in [2.75, 3.05) is 0 Å². The molecule has 5 nitrogen and oxygen atoms in total. The van der Waals surface area contributed by atoms with E-state index in [1.54, 1.807) is 6.92 Å². The van der Waals surface area contributed by atoms with Gasteiger partial charge in [-0.1, -0.05) is 6.42 Å². The smallest absolute Gasteiger partial charge is 0.416 e. The molecule has 1 aromatic heterocycles. The Bertz CT molecular complexity index is 1090. The minimum atomic E-state index is -5.03. The number of halogens is 6. The molecule has 1 aromatic carbocycles. The molecule has 1 aliphatic heterocycles. The molecule has 1 unspecified atom stereocenters. The number of benzene rings is 1. The van der Waals surface area contributed by atoms with Crippen molar-refractivity contribution < 1.29 is 31.1 Å². The zero-order chi connectivity index (χ0) is 22.8. The first-order chi connectivity index (χ1) is 14.4. The van der Waals surface area contributed by atoms with Crippen molar-refractivity contribution in [2.24, 2.45) is 11.7 Å². The fourth-order valence-corrected chi connectivity index (χ4v) is 4.53. The van der Waals surface area contributed by atoms with Crippen LogP contribution in [0.3, 0.4) is 0 Å². The van der Waals surface area contributed by atoms with Crippen molar-refractivity contribution >= 4 is 0 Å². The summed E-state index contributed by atoms with van der Waals surface area (Å²) >= 11 is 0. The van der Waals surface area contributed by atoms with Crippen LogP contribution in [0.2, 0.25) is 0 Å². The van der Waals surface area contributed by atoms with Gasteiger partial charge in [-0.15, -0.1) is 0 Å². The average Bonchev–Trinajstić information content (AvgIpc) is 2.99. The number of rotatable bonds is 2. The molecule has 0 spiro atoms. The van der Waals surface area contributed by atoms with Gasteiger partial charge in [0.05, 0.1) is 27.8 Å². The molecule has 4 rings (SSSR count). The highest BCUT2D eigenvalue weighted by atomic mass is 19.4. The van der Waals surface area contributed by atoms with Crippen LogP contribution in [0.4, 0.5) is 26.3 Å². The largest absolute Gasteiger partial charge is 0.422 e. The Hall–Kier alpha value is -3.16. The third-order valence-corrected chi connectivity index (χ3v) is 6.03. The summed E-state index contributed by atoms with van der Waals surface area (Å²) in [5.41, 5.74) is 1.37. The number of nitrogens with one attached hydrogen (secondary N) is 1. The Kier molecular flexibility index (Phi) is 4.54. The number of alkyl halides is 6. The lowest BCUT2D eigenvalue weighted by Crippen LogP contribution is -2.46. The number of aromatic amines is 1. The minimum Gasteiger partial charge on any atom is -0.422 e. The Balaban J connectivity index is 2.14. The topological polar surface area (TPSA) is 87.7 Å². The highest BCUT2D eigenvalue weighted by Crippen LogP contribution is 2.58. The first kappa shape index (κ1) is 21.1. The number of fused-ring (bicyclic) bond motifs is 1. The Morgan fingerprint density at radius 3 is 2.16 bits per heavy atom. The van der Waals surface area contributed by atoms with Crippen LogP contribution in [0.15, 0.2) is 29.7 Å². The van der Waals surface area contributed by atoms with Crippen LogP contribution in [-0.2, 0) is 17.8 Å². The standard InChI is InChI=1S/C20H16F6N4O/c1-9-15-17(30-29-9)31-16(28)14(8-27)18(15,10-3-2-4-10)11-5-12(19(21,22)23)7-13(6-11)20(24,25)26/h5-7,10H,2-4,28H2,1H3,(H,29,30). The van der Waals surface area contributed by atoms with Crippen molar-refractivity contribution in [2.45, 2.75) is 44.0 Å². The fourth-order valence-electron chi connectivity index (χ4n) is 4.53. The SMILES string of the molecule is Cc1n[nH]c2c1C(c1cc(C(F)(F)F)cc(C(F)(F)F)c1)(C1CCC1)C(C#N)=C(N)O2. The molecular weight excluding hydrogens is 426 g/mol. The summed E-state index contributed by atoms with van der Waals surface area (Å²) in [6.07, 6.45) is -8.37. The Morgan fingerprint density at radius 1 is 1.13 bits per heavy atom. The van der Waals surface area contributed by atoms with E-state index in [1.807, 2.05) is 6.07 Å². The lowest BCUT2D eigenvalue weighted by atomic mass is 9.55. The van der Waals surface area contributed by atoms with E-state index in [2.05, 4.69) is 10.2 Å². The monoisotopic (exact) mass is 442 g/mol. The third kappa shape index (κ3) is 3.04. The second-order valence-corrected chi connectivity index (χ2v) is 7.70. The average molecular weight is 442 g/mol. The number of hydrogen-bond acceptors (Lipinski definition) is 4. The summed E-state index contributed by atoms with van der Waals surface area (Å²) < 4.78 is 86.9. The second kappa shape index (κ2) is 6.67. The molecule has 164 valence electrons. The van der Waals surface area contributed by atoms with E-state index in [9.17, 15) is 31.6 Å². The molecule has 0 saturated heterocycles. The third-order valence-electron chi connectivity index (χ3n) is 6.03. The first-order valence-electron chi connectivity index (χ1n) is 9.34. The molecule has 0 bridgehead atoms. The molecule has 0 radical (unpaired) electrons. The maximum Gasteiger partial charge on any atom is 0.416 e. The molecule has 31 heavy (non-hydrogen) atoms. The van der Waals surface area contributed by atoms with Gasteiger partial charge in [0, 0.05) is 0 Å². The van der Waals surface area contributed by atoms with E-state index < -0.39 is 34.8 Å². The summed E-state index contributed by atoms with van der Waals surface area (Å²) in [5, 5.41) is 16.5. The number of aromatic nitrogens is 2. The highest BCUT2D eigenvalue weighted by molar-refractivity contribution is 5.63. The first-order valence-corrected chi connectivity index (χ1v) is 9.34. The number of nitriles is 1. The molecular formula is C20H16F6N4O. The molecule has 11 heteroatoms. The van der Waals surface area contributed by atoms with Gasteiger partial charge in [0.2, 0.25) is 11.8 Å². The zero-order valence-corrected chi connectivity index (χ0v) is 16.1. The van der Waals surface area contributed by atoms with Crippen molar-refractivity contribution in [1.29, 1.82) is 5.26 Å². The van der Waals surface area contributed by atoms with Crippen LogP contribution in [0.25, 0.3) is 0 Å². The zero-order valence-electron chi connectivity index (χ0n) is 16.1. The summed E-state index contributed by atoms with van der Waals surface area (Å²) in [4.78, 5) is 0. The van der Waals surface area contributed by atoms with E-state index in [4.69, 9.17) is 10.5 Å². The van der Waals surface area contributed by atoms with Gasteiger partial charge in [-0.3, -0.25) is 0 Å². The number of allylic oxidation sites excluding steroid dienone is 1. The number of ether oxygens (including phenoxy) is 1. The fraction of sp³-hybridized carbons (Fsp3) is 0.400. The number of aryl methyl sites for hydroxylation is 1. The number of H-pyrrole nitrogens is 1. The molecule has 1 fully saturated rings. The summed E-state index contributed by atoms with van der Waals surface area (Å²) in [6, 6.07) is 3.29. The predicted octanol–water partition coefficient (Wildman–Crippen LogP) is 4.93. The summed E-state index contributed by atoms with van der Waals surface area (Å²) in [5.74, 6) is -0.826. The normalized spacial score (nSPS) is 21.9. The van der Waals surface area contributed by atoms with Gasteiger partial charge in [0.15, 0.2) is 0 Å². The van der Waals surface area contributed by atoms with E-state index in [-0.39, 0.29) is 34.5 Å². The number of nitrogens with zero attached hydrogens (tertiary/aromatic N) is 2. The molecule has 2 heterocycles. The van der Waals surface area contributed by atoms with Crippen molar-refractivity contribution in [1.82, 2.24) is 10.2 Å². The summed E-state index contributed by atoms with van der Waals surface area (Å²) in [6.45, 7) is 1.54. The van der Waals surface area contributed by atoms with Gasteiger partial charge in [-0.25, -0.2) is 5.10 Å². The lowest BCUT2D eigenvalue weighted by molar-refractivity contribution is -0.143. The van der Waals surface area contributed by atoms with Gasteiger partial charge < -0.3 is 10.5 Å². The van der Waals surface area contributed by atoms with Crippen LogP contribution in [0.1, 0.15) is 47.2 Å². The van der Waals surface area contributed by atoms with Gasteiger partial charge in [-0.2, -0.15) is 36.7 Å². The number of hydrogen-bond donors (Lipinski definition) is 2. The van der Waals surface area contributed by atoms with Gasteiger partial charge in [0.25, 0.3) is 0 Å². The quantitative estimate of drug-likeness (QED) is 0.646. The van der Waals surface area contributed by atoms with Gasteiger partial charge in [0.1, 0.15) is 11.6 Å². The van der Waals surface area contributed by atoms with Crippen molar-refractivity contribution in [3.05, 3.63) is 57.6 Å².